The topological polar surface area (TPSA) is 50.4 Å². The van der Waals surface area contributed by atoms with Crippen LogP contribution in [0.1, 0.15) is 24.8 Å². The van der Waals surface area contributed by atoms with Crippen molar-refractivity contribution < 1.29 is 9.53 Å². The van der Waals surface area contributed by atoms with Gasteiger partial charge in [-0.3, -0.25) is 0 Å². The molecule has 2 rings (SSSR count). The quantitative estimate of drug-likeness (QED) is 0.857. The van der Waals surface area contributed by atoms with Crippen molar-refractivity contribution in [2.45, 2.75) is 38.0 Å². The second kappa shape index (κ2) is 6.40. The normalized spacial score (nSPS) is 22.7. The van der Waals surface area contributed by atoms with Gasteiger partial charge in [0, 0.05) is 12.1 Å². The fourth-order valence-electron chi connectivity index (χ4n) is 2.31. The van der Waals surface area contributed by atoms with Crippen LogP contribution in [0.2, 0.25) is 0 Å². The lowest BCUT2D eigenvalue weighted by Crippen LogP contribution is -2.34. The monoisotopic (exact) mass is 248 g/mol. The average Bonchev–Trinajstić information content (AvgIpc) is 2.85. The van der Waals surface area contributed by atoms with Crippen molar-refractivity contribution in [3.63, 3.8) is 0 Å². The summed E-state index contributed by atoms with van der Waals surface area (Å²) < 4.78 is 5.19. The molecule has 0 saturated heterocycles. The van der Waals surface area contributed by atoms with Crippen molar-refractivity contribution in [1.82, 2.24) is 10.6 Å². The molecule has 0 unspecified atom stereocenters. The summed E-state index contributed by atoms with van der Waals surface area (Å²) in [5, 5.41) is 6.15. The zero-order valence-electron chi connectivity index (χ0n) is 10.7. The van der Waals surface area contributed by atoms with E-state index in [1.807, 2.05) is 37.4 Å². The molecule has 2 atom stereocenters. The van der Waals surface area contributed by atoms with E-state index in [-0.39, 0.29) is 12.1 Å². The molecule has 0 radical (unpaired) electrons. The fourth-order valence-corrected chi connectivity index (χ4v) is 2.31. The predicted molar refractivity (Wildman–Crippen MR) is 70.2 cm³/mol. The fraction of sp³-hybridized carbons (Fsp3) is 0.500. The van der Waals surface area contributed by atoms with Crippen LogP contribution in [-0.4, -0.2) is 25.2 Å². The van der Waals surface area contributed by atoms with Gasteiger partial charge >= 0.3 is 6.09 Å². The van der Waals surface area contributed by atoms with Gasteiger partial charge in [-0.05, 0) is 31.9 Å². The van der Waals surface area contributed by atoms with Crippen LogP contribution >= 0.6 is 0 Å². The van der Waals surface area contributed by atoms with Gasteiger partial charge in [-0.1, -0.05) is 30.3 Å². The summed E-state index contributed by atoms with van der Waals surface area (Å²) in [6.45, 7) is 0.328. The molecule has 1 aliphatic rings. The third kappa shape index (κ3) is 3.74. The summed E-state index contributed by atoms with van der Waals surface area (Å²) in [7, 11) is 1.96. The van der Waals surface area contributed by atoms with Crippen molar-refractivity contribution in [2.24, 2.45) is 0 Å². The van der Waals surface area contributed by atoms with E-state index in [2.05, 4.69) is 10.6 Å². The van der Waals surface area contributed by atoms with E-state index in [9.17, 15) is 4.79 Å². The van der Waals surface area contributed by atoms with Gasteiger partial charge in [0.05, 0.1) is 0 Å². The first-order valence-corrected chi connectivity index (χ1v) is 6.42. The molecule has 0 spiro atoms. The molecule has 1 aromatic rings. The average molecular weight is 248 g/mol. The summed E-state index contributed by atoms with van der Waals surface area (Å²) >= 11 is 0. The zero-order valence-corrected chi connectivity index (χ0v) is 10.7. The molecule has 1 aromatic carbocycles. The second-order valence-electron chi connectivity index (χ2n) is 4.70. The Kier molecular flexibility index (Phi) is 4.59. The van der Waals surface area contributed by atoms with E-state index < -0.39 is 0 Å². The van der Waals surface area contributed by atoms with Crippen LogP contribution < -0.4 is 10.6 Å². The Bertz CT molecular complexity index is 381. The van der Waals surface area contributed by atoms with Crippen LogP contribution in [0.25, 0.3) is 0 Å². The minimum absolute atomic E-state index is 0.241. The van der Waals surface area contributed by atoms with Gasteiger partial charge in [0.1, 0.15) is 6.61 Å². The van der Waals surface area contributed by atoms with Crippen molar-refractivity contribution in [3.8, 4) is 0 Å². The second-order valence-corrected chi connectivity index (χ2v) is 4.70. The van der Waals surface area contributed by atoms with Crippen molar-refractivity contribution in [3.05, 3.63) is 35.9 Å². The van der Waals surface area contributed by atoms with Crippen LogP contribution in [0.4, 0.5) is 4.79 Å². The zero-order chi connectivity index (χ0) is 12.8. The summed E-state index contributed by atoms with van der Waals surface area (Å²) in [6, 6.07) is 10.5. The molecule has 4 heteroatoms. The van der Waals surface area contributed by atoms with Gasteiger partial charge in [-0.25, -0.2) is 4.79 Å². The van der Waals surface area contributed by atoms with Crippen molar-refractivity contribution in [2.75, 3.05) is 7.05 Å². The number of carbonyl (C=O) groups is 1. The highest BCUT2D eigenvalue weighted by Gasteiger charge is 2.24. The maximum atomic E-state index is 11.6. The lowest BCUT2D eigenvalue weighted by atomic mass is 10.2. The molecule has 0 bridgehead atoms. The molecule has 0 aromatic heterocycles. The van der Waals surface area contributed by atoms with E-state index in [0.29, 0.717) is 12.6 Å². The lowest BCUT2D eigenvalue weighted by Gasteiger charge is -2.13. The molecular formula is C14H20N2O2. The highest BCUT2D eigenvalue weighted by molar-refractivity contribution is 5.67. The molecule has 4 nitrogen and oxygen atoms in total. The molecule has 1 amide bonds. The van der Waals surface area contributed by atoms with Gasteiger partial charge in [0.15, 0.2) is 0 Å². The number of ether oxygens (including phenoxy) is 1. The van der Waals surface area contributed by atoms with Crippen LogP contribution in [0.5, 0.6) is 0 Å². The SMILES string of the molecule is CN[C@@H]1CC[C@H](NC(=O)OCc2ccccc2)C1. The standard InChI is InChI=1S/C14H20N2O2/c1-15-12-7-8-13(9-12)16-14(17)18-10-11-5-3-2-4-6-11/h2-6,12-13,15H,7-10H2,1H3,(H,16,17)/t12-,13+/m1/s1. The number of carbonyl (C=O) groups excluding carboxylic acids is 1. The van der Waals surface area contributed by atoms with Crippen LogP contribution in [-0.2, 0) is 11.3 Å². The Morgan fingerprint density at radius 3 is 2.67 bits per heavy atom. The van der Waals surface area contributed by atoms with E-state index in [1.54, 1.807) is 0 Å². The molecule has 98 valence electrons. The van der Waals surface area contributed by atoms with Crippen LogP contribution in [0.15, 0.2) is 30.3 Å². The van der Waals surface area contributed by atoms with Gasteiger partial charge < -0.3 is 15.4 Å². The minimum atomic E-state index is -0.319. The molecule has 2 N–H and O–H groups in total. The van der Waals surface area contributed by atoms with Crippen molar-refractivity contribution in [1.29, 1.82) is 0 Å². The number of alkyl carbamates (subject to hydrolysis) is 1. The molecule has 1 aliphatic carbocycles. The highest BCUT2D eigenvalue weighted by atomic mass is 16.5. The third-order valence-corrected chi connectivity index (χ3v) is 3.38. The first kappa shape index (κ1) is 12.9. The summed E-state index contributed by atoms with van der Waals surface area (Å²) in [6.07, 6.45) is 2.80. The highest BCUT2D eigenvalue weighted by Crippen LogP contribution is 2.18. The smallest absolute Gasteiger partial charge is 0.407 e. The van der Waals surface area contributed by atoms with Gasteiger partial charge in [0.25, 0.3) is 0 Å². The molecule has 1 fully saturated rings. The van der Waals surface area contributed by atoms with Crippen LogP contribution in [0.3, 0.4) is 0 Å². The Labute approximate surface area is 108 Å². The number of rotatable bonds is 4. The molecule has 1 saturated carbocycles. The number of hydrogen-bond donors (Lipinski definition) is 2. The molecule has 18 heavy (non-hydrogen) atoms. The van der Waals surface area contributed by atoms with E-state index in [1.165, 1.54) is 0 Å². The van der Waals surface area contributed by atoms with Gasteiger partial charge in [0.2, 0.25) is 0 Å². The maximum absolute atomic E-state index is 11.6. The van der Waals surface area contributed by atoms with E-state index in [4.69, 9.17) is 4.74 Å². The number of amides is 1. The summed E-state index contributed by atoms with van der Waals surface area (Å²) in [5.41, 5.74) is 1.01. The lowest BCUT2D eigenvalue weighted by molar-refractivity contribution is 0.135. The summed E-state index contributed by atoms with van der Waals surface area (Å²) in [4.78, 5) is 11.6. The Hall–Kier alpha value is -1.55. The van der Waals surface area contributed by atoms with Gasteiger partial charge in [-0.2, -0.15) is 0 Å². The first-order chi connectivity index (χ1) is 8.78. The largest absolute Gasteiger partial charge is 0.445 e. The Morgan fingerprint density at radius 2 is 2.00 bits per heavy atom. The number of nitrogens with one attached hydrogen (secondary N) is 2. The van der Waals surface area contributed by atoms with Crippen molar-refractivity contribution >= 4 is 6.09 Å². The third-order valence-electron chi connectivity index (χ3n) is 3.38. The minimum Gasteiger partial charge on any atom is -0.445 e. The Balaban J connectivity index is 1.70. The van der Waals surface area contributed by atoms with E-state index in [0.717, 1.165) is 24.8 Å². The molecule has 0 aliphatic heterocycles. The number of benzene rings is 1. The number of hydrogen-bond acceptors (Lipinski definition) is 3. The van der Waals surface area contributed by atoms with Gasteiger partial charge in [-0.15, -0.1) is 0 Å². The Morgan fingerprint density at radius 1 is 1.28 bits per heavy atom. The maximum Gasteiger partial charge on any atom is 0.407 e. The first-order valence-electron chi connectivity index (χ1n) is 6.42. The molecule has 0 heterocycles. The summed E-state index contributed by atoms with van der Waals surface area (Å²) in [5.74, 6) is 0. The van der Waals surface area contributed by atoms with Crippen LogP contribution in [0, 0.1) is 0 Å². The molecular weight excluding hydrogens is 228 g/mol. The predicted octanol–water partition coefficient (Wildman–Crippen LogP) is 2.05. The van der Waals surface area contributed by atoms with E-state index >= 15 is 0 Å².